The number of carbonyl (C=O) groups is 1. The Labute approximate surface area is 184 Å². The molecule has 7 heteroatoms. The molecule has 0 spiro atoms. The summed E-state index contributed by atoms with van der Waals surface area (Å²) in [5.41, 5.74) is 0.144. The van der Waals surface area contributed by atoms with Crippen molar-refractivity contribution in [3.63, 3.8) is 0 Å². The van der Waals surface area contributed by atoms with Gasteiger partial charge in [0.1, 0.15) is 17.0 Å². The molecule has 31 heavy (non-hydrogen) atoms. The van der Waals surface area contributed by atoms with E-state index in [9.17, 15) is 9.90 Å². The van der Waals surface area contributed by atoms with Crippen molar-refractivity contribution in [3.8, 4) is 5.75 Å². The van der Waals surface area contributed by atoms with Gasteiger partial charge in [-0.15, -0.1) is 5.10 Å². The number of likely N-dealkylation sites (tertiary alicyclic amines) is 1. The van der Waals surface area contributed by atoms with E-state index in [1.165, 1.54) is 6.42 Å². The maximum Gasteiger partial charge on any atom is 0.229 e. The van der Waals surface area contributed by atoms with Gasteiger partial charge in [-0.2, -0.15) is 0 Å². The Morgan fingerprint density at radius 3 is 2.68 bits per heavy atom. The smallest absolute Gasteiger partial charge is 0.229 e. The summed E-state index contributed by atoms with van der Waals surface area (Å²) < 4.78 is 7.14. The molecule has 1 aromatic carbocycles. The van der Waals surface area contributed by atoms with Crippen LogP contribution in [0.5, 0.6) is 5.75 Å². The third kappa shape index (κ3) is 4.33. The highest BCUT2D eigenvalue weighted by Gasteiger charge is 2.48. The van der Waals surface area contributed by atoms with Crippen LogP contribution in [0.3, 0.4) is 0 Å². The lowest BCUT2D eigenvalue weighted by molar-refractivity contribution is -0.144. The van der Waals surface area contributed by atoms with Crippen molar-refractivity contribution in [2.75, 3.05) is 20.2 Å². The van der Waals surface area contributed by atoms with Crippen molar-refractivity contribution in [3.05, 3.63) is 41.7 Å². The molecule has 1 saturated heterocycles. The first-order chi connectivity index (χ1) is 14.8. The van der Waals surface area contributed by atoms with Gasteiger partial charge in [-0.3, -0.25) is 4.79 Å². The molecule has 2 heterocycles. The average molecular weight is 427 g/mol. The monoisotopic (exact) mass is 426 g/mol. The lowest BCUT2D eigenvalue weighted by atomic mass is 9.69. The molecule has 1 saturated carbocycles. The van der Waals surface area contributed by atoms with E-state index in [-0.39, 0.29) is 18.5 Å². The maximum absolute atomic E-state index is 13.9. The van der Waals surface area contributed by atoms with Crippen molar-refractivity contribution in [1.82, 2.24) is 19.9 Å². The van der Waals surface area contributed by atoms with E-state index in [1.807, 2.05) is 43.1 Å². The molecule has 1 atom stereocenters. The van der Waals surface area contributed by atoms with E-state index in [0.29, 0.717) is 25.1 Å². The molecule has 1 N–H and O–H groups in total. The zero-order valence-electron chi connectivity index (χ0n) is 18.9. The van der Waals surface area contributed by atoms with Gasteiger partial charge in [-0.1, -0.05) is 36.6 Å². The molecule has 1 aliphatic heterocycles. The minimum Gasteiger partial charge on any atom is -0.497 e. The number of ether oxygens (including phenoxy) is 1. The summed E-state index contributed by atoms with van der Waals surface area (Å²) in [4.78, 5) is 15.7. The van der Waals surface area contributed by atoms with Crippen LogP contribution in [-0.4, -0.2) is 51.1 Å². The molecule has 168 valence electrons. The zero-order valence-corrected chi connectivity index (χ0v) is 18.9. The van der Waals surface area contributed by atoms with Crippen LogP contribution < -0.4 is 4.74 Å². The molecular formula is C24H34N4O3. The summed E-state index contributed by atoms with van der Waals surface area (Å²) in [7, 11) is 1.67. The number of methoxy groups -OCH3 is 1. The number of nitrogens with zero attached hydrogens (tertiary/aromatic N) is 4. The number of carbonyl (C=O) groups excluding carboxylic acids is 1. The minimum absolute atomic E-state index is 0.169. The molecule has 2 aliphatic rings. The molecule has 0 radical (unpaired) electrons. The van der Waals surface area contributed by atoms with Gasteiger partial charge in [0.05, 0.1) is 25.3 Å². The van der Waals surface area contributed by atoms with Crippen LogP contribution in [0.2, 0.25) is 0 Å². The van der Waals surface area contributed by atoms with Gasteiger partial charge >= 0.3 is 0 Å². The first-order valence-corrected chi connectivity index (χ1v) is 11.4. The molecule has 0 bridgehead atoms. The Morgan fingerprint density at radius 1 is 1.23 bits per heavy atom. The Morgan fingerprint density at radius 2 is 2.00 bits per heavy atom. The third-order valence-corrected chi connectivity index (χ3v) is 6.99. The van der Waals surface area contributed by atoms with Crippen LogP contribution in [0, 0.1) is 5.41 Å². The molecule has 2 fully saturated rings. The highest BCUT2D eigenvalue weighted by Crippen LogP contribution is 2.43. The molecule has 2 aromatic rings. The van der Waals surface area contributed by atoms with Gasteiger partial charge in [0.25, 0.3) is 0 Å². The summed E-state index contributed by atoms with van der Waals surface area (Å²) in [6.07, 6.45) is 8.10. The van der Waals surface area contributed by atoms with Crippen LogP contribution in [0.1, 0.15) is 69.7 Å². The number of aliphatic hydroxyl groups is 1. The molecule has 1 aromatic heterocycles. The van der Waals surface area contributed by atoms with Gasteiger partial charge in [-0.25, -0.2) is 4.68 Å². The Kier molecular flexibility index (Phi) is 6.06. The van der Waals surface area contributed by atoms with Gasteiger partial charge < -0.3 is 14.7 Å². The fourth-order valence-electron chi connectivity index (χ4n) is 5.12. The second kappa shape index (κ2) is 8.61. The predicted octanol–water partition coefficient (Wildman–Crippen LogP) is 3.48. The van der Waals surface area contributed by atoms with E-state index in [2.05, 4.69) is 16.4 Å². The quantitative estimate of drug-likeness (QED) is 0.765. The van der Waals surface area contributed by atoms with Crippen molar-refractivity contribution in [2.45, 2.75) is 70.4 Å². The SMILES string of the molecule is COc1cccc(CC2(C(=O)N3CCC(O)(c4cn(C(C)C)nn4)C3)CCCCC2)c1. The minimum atomic E-state index is -1.13. The summed E-state index contributed by atoms with van der Waals surface area (Å²) in [6.45, 7) is 4.88. The number of rotatable bonds is 6. The molecule has 1 aliphatic carbocycles. The third-order valence-electron chi connectivity index (χ3n) is 6.99. The van der Waals surface area contributed by atoms with Crippen LogP contribution in [0.25, 0.3) is 0 Å². The molecule has 1 amide bonds. The normalized spacial score (nSPS) is 23.3. The van der Waals surface area contributed by atoms with Crippen molar-refractivity contribution in [2.24, 2.45) is 5.41 Å². The van der Waals surface area contributed by atoms with Crippen LogP contribution in [0.15, 0.2) is 30.5 Å². The zero-order chi connectivity index (χ0) is 22.1. The Balaban J connectivity index is 1.54. The number of hydrogen-bond donors (Lipinski definition) is 1. The second-order valence-electron chi connectivity index (χ2n) is 9.56. The average Bonchev–Trinajstić information content (AvgIpc) is 3.42. The number of benzene rings is 1. The number of amides is 1. The van der Waals surface area contributed by atoms with Crippen LogP contribution in [-0.2, 0) is 16.8 Å². The predicted molar refractivity (Wildman–Crippen MR) is 118 cm³/mol. The van der Waals surface area contributed by atoms with Crippen molar-refractivity contribution < 1.29 is 14.6 Å². The largest absolute Gasteiger partial charge is 0.497 e. The van der Waals surface area contributed by atoms with Gasteiger partial charge in [-0.05, 0) is 50.8 Å². The van der Waals surface area contributed by atoms with Crippen LogP contribution in [0.4, 0.5) is 0 Å². The lowest BCUT2D eigenvalue weighted by Gasteiger charge is -2.39. The van der Waals surface area contributed by atoms with Gasteiger partial charge in [0, 0.05) is 19.0 Å². The standard InChI is InChI=1S/C24H34N4O3/c1-18(2)28-16-21(25-26-28)24(30)12-13-27(17-24)22(29)23(10-5-4-6-11-23)15-19-8-7-9-20(14-19)31-3/h7-9,14,16,18,30H,4-6,10-13,15,17H2,1-3H3. The summed E-state index contributed by atoms with van der Waals surface area (Å²) in [5.74, 6) is 0.988. The van der Waals surface area contributed by atoms with Gasteiger partial charge in [0.15, 0.2) is 0 Å². The van der Waals surface area contributed by atoms with E-state index < -0.39 is 11.0 Å². The van der Waals surface area contributed by atoms with E-state index in [4.69, 9.17) is 4.74 Å². The first kappa shape index (κ1) is 21.8. The second-order valence-corrected chi connectivity index (χ2v) is 9.56. The first-order valence-electron chi connectivity index (χ1n) is 11.4. The molecule has 7 nitrogen and oxygen atoms in total. The highest BCUT2D eigenvalue weighted by atomic mass is 16.5. The molecular weight excluding hydrogens is 392 g/mol. The van der Waals surface area contributed by atoms with Crippen molar-refractivity contribution in [1.29, 1.82) is 0 Å². The van der Waals surface area contributed by atoms with Gasteiger partial charge in [0.2, 0.25) is 5.91 Å². The number of β-amino-alcohol motifs (C(OH)–C–C–N with tert-alkyl or cyclic N) is 1. The summed E-state index contributed by atoms with van der Waals surface area (Å²) in [5, 5.41) is 19.6. The van der Waals surface area contributed by atoms with Crippen LogP contribution >= 0.6 is 0 Å². The molecule has 1 unspecified atom stereocenters. The van der Waals surface area contributed by atoms with E-state index >= 15 is 0 Å². The van der Waals surface area contributed by atoms with E-state index in [0.717, 1.165) is 37.0 Å². The maximum atomic E-state index is 13.9. The number of aromatic nitrogens is 3. The molecule has 4 rings (SSSR count). The summed E-state index contributed by atoms with van der Waals surface area (Å²) >= 11 is 0. The topological polar surface area (TPSA) is 80.5 Å². The van der Waals surface area contributed by atoms with E-state index in [1.54, 1.807) is 11.8 Å². The lowest BCUT2D eigenvalue weighted by Crippen LogP contribution is -2.46. The summed E-state index contributed by atoms with van der Waals surface area (Å²) in [6, 6.07) is 8.22. The fourth-order valence-corrected chi connectivity index (χ4v) is 5.12. The number of hydrogen-bond acceptors (Lipinski definition) is 5. The fraction of sp³-hybridized carbons (Fsp3) is 0.625. The highest BCUT2D eigenvalue weighted by molar-refractivity contribution is 5.83. The Bertz CT molecular complexity index is 919. The van der Waals surface area contributed by atoms with Crippen molar-refractivity contribution >= 4 is 5.91 Å². The Hall–Kier alpha value is -2.41.